The Morgan fingerprint density at radius 2 is 2.50 bits per heavy atom. The third kappa shape index (κ3) is 2.08. The highest BCUT2D eigenvalue weighted by molar-refractivity contribution is 7.09. The van der Waals surface area contributed by atoms with Crippen LogP contribution < -0.4 is 5.32 Å². The number of nitrogens with one attached hydrogen (secondary N) is 1. The summed E-state index contributed by atoms with van der Waals surface area (Å²) in [5.41, 5.74) is 0. The van der Waals surface area contributed by atoms with Gasteiger partial charge >= 0.3 is 0 Å². The van der Waals surface area contributed by atoms with Crippen LogP contribution in [0.1, 0.15) is 4.88 Å². The number of anilines is 1. The van der Waals surface area contributed by atoms with E-state index in [1.165, 1.54) is 4.88 Å². The maximum absolute atomic E-state index is 3.83. The molecule has 0 saturated carbocycles. The van der Waals surface area contributed by atoms with Crippen LogP contribution in [0.2, 0.25) is 0 Å². The third-order valence-electron chi connectivity index (χ3n) is 1.85. The van der Waals surface area contributed by atoms with Crippen molar-refractivity contribution in [2.75, 3.05) is 11.9 Å². The van der Waals surface area contributed by atoms with Crippen LogP contribution in [0.15, 0.2) is 17.5 Å². The molecule has 0 fully saturated rings. The van der Waals surface area contributed by atoms with Crippen molar-refractivity contribution in [3.63, 3.8) is 0 Å². The first kappa shape index (κ1) is 9.14. The number of tetrazole rings is 1. The van der Waals surface area contributed by atoms with E-state index in [0.29, 0.717) is 5.95 Å². The van der Waals surface area contributed by atoms with Gasteiger partial charge in [0.1, 0.15) is 0 Å². The van der Waals surface area contributed by atoms with Crippen LogP contribution in [0.25, 0.3) is 0 Å². The van der Waals surface area contributed by atoms with Crippen molar-refractivity contribution in [3.05, 3.63) is 22.4 Å². The minimum Gasteiger partial charge on any atom is -0.353 e. The molecule has 0 aromatic carbocycles. The van der Waals surface area contributed by atoms with Crippen molar-refractivity contribution in [2.24, 2.45) is 7.05 Å². The molecule has 0 aliphatic heterocycles. The molecule has 2 heterocycles. The zero-order chi connectivity index (χ0) is 9.80. The van der Waals surface area contributed by atoms with Crippen molar-refractivity contribution in [2.45, 2.75) is 6.42 Å². The van der Waals surface area contributed by atoms with E-state index in [0.717, 1.165) is 13.0 Å². The number of aryl methyl sites for hydroxylation is 1. The SMILES string of the molecule is Cn1nnnc1NCCc1cccs1. The minimum atomic E-state index is 0.710. The smallest absolute Gasteiger partial charge is 0.242 e. The van der Waals surface area contributed by atoms with Gasteiger partial charge in [-0.15, -0.1) is 11.3 Å². The molecule has 0 bridgehead atoms. The van der Waals surface area contributed by atoms with Crippen LogP contribution in [0.5, 0.6) is 0 Å². The lowest BCUT2D eigenvalue weighted by atomic mass is 10.3. The first-order valence-corrected chi connectivity index (χ1v) is 5.23. The fourth-order valence-electron chi connectivity index (χ4n) is 1.13. The normalized spacial score (nSPS) is 10.4. The van der Waals surface area contributed by atoms with Crippen LogP contribution in [-0.2, 0) is 13.5 Å². The van der Waals surface area contributed by atoms with Crippen LogP contribution in [0.4, 0.5) is 5.95 Å². The van der Waals surface area contributed by atoms with Gasteiger partial charge in [0, 0.05) is 18.5 Å². The standard InChI is InChI=1S/C8H11N5S/c1-13-8(10-11-12-13)9-5-4-7-3-2-6-14-7/h2-3,6H,4-5H2,1H3,(H,9,10,12). The monoisotopic (exact) mass is 209 g/mol. The van der Waals surface area contributed by atoms with E-state index in [-0.39, 0.29) is 0 Å². The van der Waals surface area contributed by atoms with Gasteiger partial charge in [-0.1, -0.05) is 11.2 Å². The van der Waals surface area contributed by atoms with Gasteiger partial charge in [0.15, 0.2) is 0 Å². The summed E-state index contributed by atoms with van der Waals surface area (Å²) in [5, 5.41) is 16.3. The molecule has 5 nitrogen and oxygen atoms in total. The first-order chi connectivity index (χ1) is 6.86. The Labute approximate surface area is 85.8 Å². The third-order valence-corrected chi connectivity index (χ3v) is 2.79. The van der Waals surface area contributed by atoms with Gasteiger partial charge < -0.3 is 5.32 Å². The topological polar surface area (TPSA) is 55.6 Å². The summed E-state index contributed by atoms with van der Waals surface area (Å²) in [5.74, 6) is 0.710. The molecule has 0 aliphatic carbocycles. The predicted molar refractivity (Wildman–Crippen MR) is 55.3 cm³/mol. The second kappa shape index (κ2) is 4.19. The molecule has 2 aromatic heterocycles. The quantitative estimate of drug-likeness (QED) is 0.813. The van der Waals surface area contributed by atoms with Gasteiger partial charge in [-0.2, -0.15) is 0 Å². The Kier molecular flexibility index (Phi) is 2.73. The van der Waals surface area contributed by atoms with E-state index in [4.69, 9.17) is 0 Å². The van der Waals surface area contributed by atoms with Crippen molar-refractivity contribution < 1.29 is 0 Å². The van der Waals surface area contributed by atoms with Gasteiger partial charge in [0.25, 0.3) is 0 Å². The summed E-state index contributed by atoms with van der Waals surface area (Å²) in [7, 11) is 1.81. The summed E-state index contributed by atoms with van der Waals surface area (Å²) in [6.07, 6.45) is 1.00. The zero-order valence-electron chi connectivity index (χ0n) is 7.84. The average Bonchev–Trinajstić information content (AvgIpc) is 2.78. The molecule has 0 spiro atoms. The Bertz CT molecular complexity index is 380. The van der Waals surface area contributed by atoms with E-state index in [1.807, 2.05) is 7.05 Å². The predicted octanol–water partition coefficient (Wildman–Crippen LogP) is 0.926. The molecule has 0 amide bonds. The largest absolute Gasteiger partial charge is 0.353 e. The number of thiophene rings is 1. The summed E-state index contributed by atoms with van der Waals surface area (Å²) in [6.45, 7) is 0.856. The highest BCUT2D eigenvalue weighted by Crippen LogP contribution is 2.09. The first-order valence-electron chi connectivity index (χ1n) is 4.35. The molecule has 1 N–H and O–H groups in total. The molecule has 2 rings (SSSR count). The molecule has 6 heteroatoms. The molecule has 2 aromatic rings. The molecule has 14 heavy (non-hydrogen) atoms. The molecular weight excluding hydrogens is 198 g/mol. The van der Waals surface area contributed by atoms with Crippen LogP contribution in [-0.4, -0.2) is 26.8 Å². The summed E-state index contributed by atoms with van der Waals surface area (Å²) in [6, 6.07) is 4.19. The molecule has 0 unspecified atom stereocenters. The maximum Gasteiger partial charge on any atom is 0.242 e. The van der Waals surface area contributed by atoms with Crippen molar-refractivity contribution in [1.29, 1.82) is 0 Å². The fraction of sp³-hybridized carbons (Fsp3) is 0.375. The molecule has 0 atom stereocenters. The van der Waals surface area contributed by atoms with E-state index in [2.05, 4.69) is 38.4 Å². The maximum atomic E-state index is 3.83. The van der Waals surface area contributed by atoms with Crippen molar-refractivity contribution in [1.82, 2.24) is 20.2 Å². The Morgan fingerprint density at radius 3 is 3.14 bits per heavy atom. The highest BCUT2D eigenvalue weighted by Gasteiger charge is 2.00. The zero-order valence-corrected chi connectivity index (χ0v) is 8.66. The molecule has 0 radical (unpaired) electrons. The summed E-state index contributed by atoms with van der Waals surface area (Å²) < 4.78 is 1.62. The van der Waals surface area contributed by atoms with Crippen LogP contribution in [0.3, 0.4) is 0 Å². The fourth-order valence-corrected chi connectivity index (χ4v) is 1.84. The second-order valence-corrected chi connectivity index (χ2v) is 3.91. The van der Waals surface area contributed by atoms with Crippen molar-refractivity contribution in [3.8, 4) is 0 Å². The Hall–Kier alpha value is -1.43. The molecule has 0 aliphatic rings. The van der Waals surface area contributed by atoms with Gasteiger partial charge in [0.05, 0.1) is 0 Å². The van der Waals surface area contributed by atoms with E-state index in [1.54, 1.807) is 16.0 Å². The second-order valence-electron chi connectivity index (χ2n) is 2.88. The van der Waals surface area contributed by atoms with Gasteiger partial charge in [0.2, 0.25) is 5.95 Å². The van der Waals surface area contributed by atoms with Gasteiger partial charge in [-0.05, 0) is 28.3 Å². The number of nitrogens with zero attached hydrogens (tertiary/aromatic N) is 4. The van der Waals surface area contributed by atoms with E-state index in [9.17, 15) is 0 Å². The Balaban J connectivity index is 1.81. The lowest BCUT2D eigenvalue weighted by Crippen LogP contribution is -2.08. The van der Waals surface area contributed by atoms with Gasteiger partial charge in [-0.25, -0.2) is 4.68 Å². The molecule has 0 saturated heterocycles. The number of hydrogen-bond donors (Lipinski definition) is 1. The Morgan fingerprint density at radius 1 is 1.57 bits per heavy atom. The van der Waals surface area contributed by atoms with Crippen molar-refractivity contribution >= 4 is 17.3 Å². The highest BCUT2D eigenvalue weighted by atomic mass is 32.1. The summed E-state index contributed by atoms with van der Waals surface area (Å²) in [4.78, 5) is 1.37. The van der Waals surface area contributed by atoms with Crippen LogP contribution in [0, 0.1) is 0 Å². The summed E-state index contributed by atoms with van der Waals surface area (Å²) >= 11 is 1.77. The minimum absolute atomic E-state index is 0.710. The lowest BCUT2D eigenvalue weighted by molar-refractivity contribution is 0.712. The van der Waals surface area contributed by atoms with E-state index >= 15 is 0 Å². The number of hydrogen-bond acceptors (Lipinski definition) is 5. The number of rotatable bonds is 4. The molecular formula is C8H11N5S. The van der Waals surface area contributed by atoms with Gasteiger partial charge in [-0.3, -0.25) is 0 Å². The van der Waals surface area contributed by atoms with E-state index < -0.39 is 0 Å². The van der Waals surface area contributed by atoms with Crippen LogP contribution >= 0.6 is 11.3 Å². The molecule has 74 valence electrons. The average molecular weight is 209 g/mol. The number of aromatic nitrogens is 4. The lowest BCUT2D eigenvalue weighted by Gasteiger charge is -2.01.